The van der Waals surface area contributed by atoms with Crippen molar-refractivity contribution in [1.82, 2.24) is 0 Å². The van der Waals surface area contributed by atoms with Crippen LogP contribution in [-0.2, 0) is 4.79 Å². The molecule has 1 amide bonds. The lowest BCUT2D eigenvalue weighted by atomic mass is 10.2. The van der Waals surface area contributed by atoms with Gasteiger partial charge in [-0.1, -0.05) is 6.07 Å². The molecular formula is C9H8FNO2. The van der Waals surface area contributed by atoms with Gasteiger partial charge in [-0.3, -0.25) is 9.59 Å². The maximum atomic E-state index is 13.0. The molecule has 1 aromatic carbocycles. The van der Waals surface area contributed by atoms with E-state index < -0.39 is 11.7 Å². The molecule has 1 N–H and O–H groups in total. The fourth-order valence-electron chi connectivity index (χ4n) is 0.947. The lowest BCUT2D eigenvalue weighted by molar-refractivity contribution is -0.114. The van der Waals surface area contributed by atoms with Crippen LogP contribution in [0.3, 0.4) is 0 Å². The van der Waals surface area contributed by atoms with E-state index in [1.54, 1.807) is 0 Å². The number of carbonyl (C=O) groups excluding carboxylic acids is 2. The Kier molecular flexibility index (Phi) is 2.74. The van der Waals surface area contributed by atoms with Gasteiger partial charge in [-0.25, -0.2) is 4.39 Å². The lowest BCUT2D eigenvalue weighted by Crippen LogP contribution is -2.09. The van der Waals surface area contributed by atoms with Crippen LogP contribution < -0.4 is 5.32 Å². The van der Waals surface area contributed by atoms with E-state index in [-0.39, 0.29) is 11.3 Å². The second kappa shape index (κ2) is 3.80. The highest BCUT2D eigenvalue weighted by Gasteiger charge is 2.07. The molecule has 0 saturated heterocycles. The molecule has 0 aliphatic carbocycles. The predicted molar refractivity (Wildman–Crippen MR) is 46.1 cm³/mol. The molecule has 13 heavy (non-hydrogen) atoms. The number of amides is 1. The van der Waals surface area contributed by atoms with Crippen molar-refractivity contribution in [3.8, 4) is 0 Å². The zero-order valence-corrected chi connectivity index (χ0v) is 7.00. The van der Waals surface area contributed by atoms with E-state index in [0.717, 1.165) is 0 Å². The third-order valence-corrected chi connectivity index (χ3v) is 1.47. The smallest absolute Gasteiger partial charge is 0.221 e. The van der Waals surface area contributed by atoms with Gasteiger partial charge in [-0.15, -0.1) is 0 Å². The topological polar surface area (TPSA) is 46.2 Å². The van der Waals surface area contributed by atoms with Gasteiger partial charge >= 0.3 is 0 Å². The minimum absolute atomic E-state index is 0.0648. The summed E-state index contributed by atoms with van der Waals surface area (Å²) in [6, 6.07) is 4.02. The minimum Gasteiger partial charge on any atom is -0.323 e. The molecule has 4 heteroatoms. The van der Waals surface area contributed by atoms with Crippen LogP contribution in [0.4, 0.5) is 10.1 Å². The van der Waals surface area contributed by atoms with Gasteiger partial charge < -0.3 is 5.32 Å². The number of hydrogen-bond acceptors (Lipinski definition) is 2. The molecule has 0 heterocycles. The van der Waals surface area contributed by atoms with E-state index in [0.29, 0.717) is 6.29 Å². The molecule has 1 rings (SSSR count). The quantitative estimate of drug-likeness (QED) is 0.704. The third-order valence-electron chi connectivity index (χ3n) is 1.47. The Bertz CT molecular complexity index is 349. The first-order valence-corrected chi connectivity index (χ1v) is 3.66. The van der Waals surface area contributed by atoms with Crippen molar-refractivity contribution in [3.05, 3.63) is 29.6 Å². The minimum atomic E-state index is -0.611. The number of para-hydroxylation sites is 1. The Balaban J connectivity index is 3.14. The Morgan fingerprint density at radius 2 is 2.23 bits per heavy atom. The van der Waals surface area contributed by atoms with Crippen LogP contribution in [0.25, 0.3) is 0 Å². The number of halogens is 1. The summed E-state index contributed by atoms with van der Waals surface area (Å²) in [5.41, 5.74) is 0.0696. The Morgan fingerprint density at radius 1 is 1.54 bits per heavy atom. The lowest BCUT2D eigenvalue weighted by Gasteiger charge is -2.05. The molecule has 68 valence electrons. The summed E-state index contributed by atoms with van der Waals surface area (Å²) >= 11 is 0. The number of rotatable bonds is 2. The normalized spacial score (nSPS) is 9.38. The van der Waals surface area contributed by atoms with E-state index in [1.807, 2.05) is 0 Å². The summed E-state index contributed by atoms with van der Waals surface area (Å²) in [7, 11) is 0. The summed E-state index contributed by atoms with van der Waals surface area (Å²) in [4.78, 5) is 21.1. The fraction of sp³-hybridized carbons (Fsp3) is 0.111. The second-order valence-electron chi connectivity index (χ2n) is 2.50. The second-order valence-corrected chi connectivity index (χ2v) is 2.50. The zero-order valence-electron chi connectivity index (χ0n) is 7.00. The monoisotopic (exact) mass is 181 g/mol. The number of carbonyl (C=O) groups is 2. The highest BCUT2D eigenvalue weighted by atomic mass is 19.1. The first kappa shape index (κ1) is 9.38. The number of aldehydes is 1. The van der Waals surface area contributed by atoms with Crippen molar-refractivity contribution in [2.24, 2.45) is 0 Å². The van der Waals surface area contributed by atoms with Crippen LogP contribution >= 0.6 is 0 Å². The highest BCUT2D eigenvalue weighted by molar-refractivity contribution is 5.95. The van der Waals surface area contributed by atoms with E-state index >= 15 is 0 Å². The molecule has 0 bridgehead atoms. The summed E-state index contributed by atoms with van der Waals surface area (Å²) < 4.78 is 13.0. The first-order chi connectivity index (χ1) is 6.15. The van der Waals surface area contributed by atoms with Crippen molar-refractivity contribution in [1.29, 1.82) is 0 Å². The zero-order chi connectivity index (χ0) is 9.84. The van der Waals surface area contributed by atoms with Gasteiger partial charge in [-0.2, -0.15) is 0 Å². The molecule has 0 aliphatic heterocycles. The molecule has 0 saturated carbocycles. The molecule has 0 radical (unpaired) electrons. The van der Waals surface area contributed by atoms with Gasteiger partial charge in [0, 0.05) is 12.5 Å². The largest absolute Gasteiger partial charge is 0.323 e. The molecule has 0 fully saturated rings. The fourth-order valence-corrected chi connectivity index (χ4v) is 0.947. The average Bonchev–Trinajstić information content (AvgIpc) is 2.08. The predicted octanol–water partition coefficient (Wildman–Crippen LogP) is 1.60. The summed E-state index contributed by atoms with van der Waals surface area (Å²) in [5, 5.41) is 2.25. The van der Waals surface area contributed by atoms with Crippen molar-refractivity contribution >= 4 is 17.9 Å². The van der Waals surface area contributed by atoms with Gasteiger partial charge in [0.15, 0.2) is 6.29 Å². The van der Waals surface area contributed by atoms with Gasteiger partial charge in [0.2, 0.25) is 5.91 Å². The molecule has 0 aliphatic rings. The van der Waals surface area contributed by atoms with Crippen molar-refractivity contribution in [3.63, 3.8) is 0 Å². The number of hydrogen-bond donors (Lipinski definition) is 1. The van der Waals surface area contributed by atoms with E-state index in [4.69, 9.17) is 0 Å². The van der Waals surface area contributed by atoms with Gasteiger partial charge in [0.05, 0.1) is 5.69 Å². The molecule has 1 aromatic rings. The Morgan fingerprint density at radius 3 is 2.77 bits per heavy atom. The number of anilines is 1. The van der Waals surface area contributed by atoms with Crippen LogP contribution in [0.5, 0.6) is 0 Å². The maximum absolute atomic E-state index is 13.0. The molecule has 0 spiro atoms. The number of nitrogens with one attached hydrogen (secondary N) is 1. The van der Waals surface area contributed by atoms with Crippen molar-refractivity contribution in [2.75, 3.05) is 5.32 Å². The molecule has 0 atom stereocenters. The van der Waals surface area contributed by atoms with Crippen LogP contribution in [0.2, 0.25) is 0 Å². The SMILES string of the molecule is CC(=O)Nc1c(F)cccc1C=O. The molecule has 0 unspecified atom stereocenters. The standard InChI is InChI=1S/C9H8FNO2/c1-6(13)11-9-7(5-12)3-2-4-8(9)10/h2-5H,1H3,(H,11,13). The van der Waals surface area contributed by atoms with Gasteiger partial charge in [-0.05, 0) is 12.1 Å². The van der Waals surface area contributed by atoms with Crippen molar-refractivity contribution in [2.45, 2.75) is 6.92 Å². The highest BCUT2D eigenvalue weighted by Crippen LogP contribution is 2.17. The average molecular weight is 181 g/mol. The van der Waals surface area contributed by atoms with E-state index in [9.17, 15) is 14.0 Å². The maximum Gasteiger partial charge on any atom is 0.221 e. The van der Waals surface area contributed by atoms with Crippen molar-refractivity contribution < 1.29 is 14.0 Å². The Labute approximate surface area is 74.6 Å². The summed E-state index contributed by atoms with van der Waals surface area (Å²) in [5.74, 6) is -1.02. The number of benzene rings is 1. The molecule has 0 aromatic heterocycles. The third kappa shape index (κ3) is 2.11. The molecule has 3 nitrogen and oxygen atoms in total. The Hall–Kier alpha value is -1.71. The van der Waals surface area contributed by atoms with Crippen LogP contribution in [0.1, 0.15) is 17.3 Å². The van der Waals surface area contributed by atoms with E-state index in [2.05, 4.69) is 5.32 Å². The summed E-state index contributed by atoms with van der Waals surface area (Å²) in [6.07, 6.45) is 0.494. The summed E-state index contributed by atoms with van der Waals surface area (Å²) in [6.45, 7) is 1.25. The molecular weight excluding hydrogens is 173 g/mol. The first-order valence-electron chi connectivity index (χ1n) is 3.66. The van der Waals surface area contributed by atoms with Crippen LogP contribution in [0.15, 0.2) is 18.2 Å². The van der Waals surface area contributed by atoms with Crippen LogP contribution in [0, 0.1) is 5.82 Å². The van der Waals surface area contributed by atoms with Gasteiger partial charge in [0.25, 0.3) is 0 Å². The van der Waals surface area contributed by atoms with Gasteiger partial charge in [0.1, 0.15) is 5.82 Å². The van der Waals surface area contributed by atoms with E-state index in [1.165, 1.54) is 25.1 Å². The van der Waals surface area contributed by atoms with Crippen LogP contribution in [-0.4, -0.2) is 12.2 Å².